The summed E-state index contributed by atoms with van der Waals surface area (Å²) in [6.07, 6.45) is 9.22. The van der Waals surface area contributed by atoms with Crippen LogP contribution >= 0.6 is 0 Å². The van der Waals surface area contributed by atoms with E-state index in [-0.39, 0.29) is 11.9 Å². The topological polar surface area (TPSA) is 58.2 Å². The minimum absolute atomic E-state index is 0.157. The summed E-state index contributed by atoms with van der Waals surface area (Å²) in [5, 5.41) is 7.24. The van der Waals surface area contributed by atoms with E-state index in [0.29, 0.717) is 6.04 Å². The van der Waals surface area contributed by atoms with Gasteiger partial charge in [0.15, 0.2) is 0 Å². The Morgan fingerprint density at radius 2 is 2.04 bits per heavy atom. The molecule has 1 amide bonds. The molecule has 0 saturated heterocycles. The molecule has 1 saturated carbocycles. The van der Waals surface area contributed by atoms with Crippen molar-refractivity contribution in [1.82, 2.24) is 15.1 Å². The zero-order chi connectivity index (χ0) is 17.9. The van der Waals surface area contributed by atoms with Crippen LogP contribution in [0.15, 0.2) is 30.5 Å². The molecule has 138 valence electrons. The first-order valence-corrected chi connectivity index (χ1v) is 9.83. The molecule has 4 rings (SSSR count). The number of ether oxygens (including phenoxy) is 1. The maximum atomic E-state index is 13.2. The summed E-state index contributed by atoms with van der Waals surface area (Å²) in [5.41, 5.74) is 3.26. The Hall–Kier alpha value is -2.30. The molecule has 2 aromatic rings. The number of aryl methyl sites for hydroxylation is 1. The van der Waals surface area contributed by atoms with Crippen molar-refractivity contribution in [3.05, 3.63) is 47.3 Å². The Balaban J connectivity index is 1.46. The molecule has 5 nitrogen and oxygen atoms in total. The predicted molar refractivity (Wildman–Crippen MR) is 100 cm³/mol. The van der Waals surface area contributed by atoms with Crippen LogP contribution < -0.4 is 4.74 Å². The minimum atomic E-state index is 0.157. The van der Waals surface area contributed by atoms with E-state index in [0.717, 1.165) is 62.9 Å². The average molecular weight is 353 g/mol. The molecular formula is C21H27N3O2. The van der Waals surface area contributed by atoms with Gasteiger partial charge >= 0.3 is 0 Å². The number of hydrogen-bond acceptors (Lipinski definition) is 3. The fourth-order valence-corrected chi connectivity index (χ4v) is 3.79. The second-order valence-corrected chi connectivity index (χ2v) is 7.44. The lowest BCUT2D eigenvalue weighted by Crippen LogP contribution is -2.44. The van der Waals surface area contributed by atoms with Gasteiger partial charge < -0.3 is 9.64 Å². The number of rotatable bonds is 7. The van der Waals surface area contributed by atoms with Gasteiger partial charge in [0.1, 0.15) is 5.75 Å². The van der Waals surface area contributed by atoms with Gasteiger partial charge in [-0.15, -0.1) is 0 Å². The number of nitrogens with zero attached hydrogens (tertiary/aromatic N) is 2. The molecule has 1 unspecified atom stereocenters. The second kappa shape index (κ2) is 7.52. The molecular weight excluding hydrogens is 326 g/mol. The van der Waals surface area contributed by atoms with Gasteiger partial charge in [0, 0.05) is 23.3 Å². The van der Waals surface area contributed by atoms with E-state index in [1.165, 1.54) is 11.3 Å². The molecule has 0 aliphatic heterocycles. The predicted octanol–water partition coefficient (Wildman–Crippen LogP) is 3.75. The highest BCUT2D eigenvalue weighted by Crippen LogP contribution is 2.34. The van der Waals surface area contributed by atoms with Crippen LogP contribution in [0.2, 0.25) is 0 Å². The van der Waals surface area contributed by atoms with Gasteiger partial charge in [-0.05, 0) is 68.4 Å². The van der Waals surface area contributed by atoms with E-state index in [1.54, 1.807) is 0 Å². The highest BCUT2D eigenvalue weighted by molar-refractivity contribution is 5.95. The average Bonchev–Trinajstić information content (AvgIpc) is 3.38. The third kappa shape index (κ3) is 3.62. The standard InChI is InChI=1S/C21H27N3O2/c1-2-3-12-26-19-9-4-15(5-10-19)21(25)24(17-6-7-17)18-8-11-20-16(13-18)14-22-23-20/h4-5,9-10,14,17-18H,2-3,6-8,11-13H2,1H3,(H,22,23). The Kier molecular flexibility index (Phi) is 4.96. The summed E-state index contributed by atoms with van der Waals surface area (Å²) in [6.45, 7) is 2.88. The van der Waals surface area contributed by atoms with E-state index < -0.39 is 0 Å². The molecule has 5 heteroatoms. The maximum Gasteiger partial charge on any atom is 0.254 e. The van der Waals surface area contributed by atoms with E-state index >= 15 is 0 Å². The van der Waals surface area contributed by atoms with Gasteiger partial charge in [0.2, 0.25) is 0 Å². The molecule has 26 heavy (non-hydrogen) atoms. The van der Waals surface area contributed by atoms with Gasteiger partial charge in [-0.1, -0.05) is 13.3 Å². The number of benzene rings is 1. The summed E-state index contributed by atoms with van der Waals surface area (Å²) in [5.74, 6) is 0.998. The van der Waals surface area contributed by atoms with Crippen LogP contribution in [0.25, 0.3) is 0 Å². The van der Waals surface area contributed by atoms with Crippen LogP contribution in [-0.4, -0.2) is 39.7 Å². The van der Waals surface area contributed by atoms with E-state index in [1.807, 2.05) is 30.5 Å². The van der Waals surface area contributed by atoms with Crippen molar-refractivity contribution in [2.75, 3.05) is 6.61 Å². The largest absolute Gasteiger partial charge is 0.494 e. The van der Waals surface area contributed by atoms with Crippen LogP contribution in [0.4, 0.5) is 0 Å². The number of fused-ring (bicyclic) bond motifs is 1. The molecule has 2 aliphatic carbocycles. The lowest BCUT2D eigenvalue weighted by molar-refractivity contribution is 0.0642. The maximum absolute atomic E-state index is 13.2. The number of carbonyl (C=O) groups is 1. The number of H-pyrrole nitrogens is 1. The van der Waals surface area contributed by atoms with Crippen molar-refractivity contribution >= 4 is 5.91 Å². The van der Waals surface area contributed by atoms with Crippen molar-refractivity contribution in [2.24, 2.45) is 0 Å². The summed E-state index contributed by atoms with van der Waals surface area (Å²) in [4.78, 5) is 15.4. The van der Waals surface area contributed by atoms with Crippen LogP contribution in [0.5, 0.6) is 5.75 Å². The first-order chi connectivity index (χ1) is 12.8. The van der Waals surface area contributed by atoms with Gasteiger partial charge in [-0.3, -0.25) is 9.89 Å². The minimum Gasteiger partial charge on any atom is -0.494 e. The molecule has 1 aromatic carbocycles. The molecule has 2 aliphatic rings. The number of unbranched alkanes of at least 4 members (excludes halogenated alkanes) is 1. The van der Waals surface area contributed by atoms with Gasteiger partial charge in [-0.2, -0.15) is 5.10 Å². The quantitative estimate of drug-likeness (QED) is 0.771. The molecule has 1 fully saturated rings. The number of carbonyl (C=O) groups excluding carboxylic acids is 1. The van der Waals surface area contributed by atoms with Crippen molar-refractivity contribution in [2.45, 2.75) is 64.0 Å². The van der Waals surface area contributed by atoms with Crippen LogP contribution in [-0.2, 0) is 12.8 Å². The number of amides is 1. The first kappa shape index (κ1) is 17.1. The Morgan fingerprint density at radius 1 is 1.23 bits per heavy atom. The van der Waals surface area contributed by atoms with E-state index in [4.69, 9.17) is 4.74 Å². The van der Waals surface area contributed by atoms with E-state index in [9.17, 15) is 4.79 Å². The number of aromatic nitrogens is 2. The smallest absolute Gasteiger partial charge is 0.254 e. The third-order valence-electron chi connectivity index (χ3n) is 5.43. The lowest BCUT2D eigenvalue weighted by atomic mass is 9.92. The Morgan fingerprint density at radius 3 is 2.77 bits per heavy atom. The molecule has 1 heterocycles. The number of nitrogens with one attached hydrogen (secondary N) is 1. The van der Waals surface area contributed by atoms with Crippen LogP contribution in [0.1, 0.15) is 60.6 Å². The van der Waals surface area contributed by atoms with E-state index in [2.05, 4.69) is 22.0 Å². The van der Waals surface area contributed by atoms with Gasteiger partial charge in [-0.25, -0.2) is 0 Å². The van der Waals surface area contributed by atoms with Crippen LogP contribution in [0, 0.1) is 0 Å². The molecule has 0 radical (unpaired) electrons. The fourth-order valence-electron chi connectivity index (χ4n) is 3.79. The molecule has 1 aromatic heterocycles. The molecule has 1 N–H and O–H groups in total. The highest BCUT2D eigenvalue weighted by Gasteiger charge is 2.39. The van der Waals surface area contributed by atoms with Gasteiger partial charge in [0.05, 0.1) is 12.8 Å². The number of aromatic amines is 1. The molecule has 0 spiro atoms. The summed E-state index contributed by atoms with van der Waals surface area (Å²) >= 11 is 0. The first-order valence-electron chi connectivity index (χ1n) is 9.83. The lowest BCUT2D eigenvalue weighted by Gasteiger charge is -2.34. The highest BCUT2D eigenvalue weighted by atomic mass is 16.5. The van der Waals surface area contributed by atoms with Gasteiger partial charge in [0.25, 0.3) is 5.91 Å². The Bertz CT molecular complexity index is 749. The monoisotopic (exact) mass is 353 g/mol. The molecule has 0 bridgehead atoms. The van der Waals surface area contributed by atoms with Crippen LogP contribution in [0.3, 0.4) is 0 Å². The SMILES string of the molecule is CCCCOc1ccc(C(=O)N(C2CC2)C2CCc3[nH]ncc3C2)cc1. The zero-order valence-corrected chi connectivity index (χ0v) is 15.4. The van der Waals surface area contributed by atoms with Crippen molar-refractivity contribution in [1.29, 1.82) is 0 Å². The van der Waals surface area contributed by atoms with Crippen molar-refractivity contribution in [3.8, 4) is 5.75 Å². The zero-order valence-electron chi connectivity index (χ0n) is 15.4. The molecule has 1 atom stereocenters. The normalized spacial score (nSPS) is 19.0. The number of hydrogen-bond donors (Lipinski definition) is 1. The fraction of sp³-hybridized carbons (Fsp3) is 0.524. The van der Waals surface area contributed by atoms with Crippen molar-refractivity contribution in [3.63, 3.8) is 0 Å². The second-order valence-electron chi connectivity index (χ2n) is 7.44. The third-order valence-corrected chi connectivity index (χ3v) is 5.43. The Labute approximate surface area is 154 Å². The summed E-state index contributed by atoms with van der Waals surface area (Å²) in [6, 6.07) is 8.34. The summed E-state index contributed by atoms with van der Waals surface area (Å²) < 4.78 is 5.71. The summed E-state index contributed by atoms with van der Waals surface area (Å²) in [7, 11) is 0. The van der Waals surface area contributed by atoms with Crippen molar-refractivity contribution < 1.29 is 9.53 Å².